The largest absolute Gasteiger partial charge is 0.328 e. The Kier molecular flexibility index (Phi) is 5.50. The molecular formula is C25H25BrN4OS. The third-order valence-corrected chi connectivity index (χ3v) is 7.39. The zero-order valence-corrected chi connectivity index (χ0v) is 20.8. The number of benzene rings is 2. The summed E-state index contributed by atoms with van der Waals surface area (Å²) in [6, 6.07) is 16.4. The Morgan fingerprint density at radius 2 is 1.97 bits per heavy atom. The summed E-state index contributed by atoms with van der Waals surface area (Å²) in [5.74, 6) is 1.69. The summed E-state index contributed by atoms with van der Waals surface area (Å²) in [5, 5.41) is 9.00. The maximum atomic E-state index is 13.3. The topological polar surface area (TPSA) is 59.8 Å². The molecule has 1 atom stereocenters. The van der Waals surface area contributed by atoms with Crippen molar-refractivity contribution in [3.8, 4) is 0 Å². The van der Waals surface area contributed by atoms with Crippen molar-refractivity contribution in [2.75, 3.05) is 5.32 Å². The van der Waals surface area contributed by atoms with E-state index < -0.39 is 0 Å². The van der Waals surface area contributed by atoms with Crippen LogP contribution in [0.25, 0.3) is 0 Å². The Morgan fingerprint density at radius 1 is 1.19 bits per heavy atom. The molecule has 0 amide bonds. The summed E-state index contributed by atoms with van der Waals surface area (Å²) in [5.41, 5.74) is 5.26. The van der Waals surface area contributed by atoms with E-state index in [1.165, 1.54) is 11.1 Å². The van der Waals surface area contributed by atoms with E-state index >= 15 is 0 Å². The lowest BCUT2D eigenvalue weighted by Gasteiger charge is -2.38. The van der Waals surface area contributed by atoms with Gasteiger partial charge >= 0.3 is 0 Å². The second kappa shape index (κ2) is 8.19. The van der Waals surface area contributed by atoms with Gasteiger partial charge in [-0.1, -0.05) is 83.5 Å². The SMILES string of the molecule is Cc1cccc(CSc2nc3n(n2)[C@@H](c2ccc(Br)cc2)C2=C(CC(C)(C)CC2=O)N3)c1. The number of nitrogens with one attached hydrogen (secondary N) is 1. The van der Waals surface area contributed by atoms with Crippen molar-refractivity contribution in [2.24, 2.45) is 5.41 Å². The molecule has 0 spiro atoms. The lowest BCUT2D eigenvalue weighted by atomic mass is 9.73. The highest BCUT2D eigenvalue weighted by molar-refractivity contribution is 9.10. The summed E-state index contributed by atoms with van der Waals surface area (Å²) in [7, 11) is 0. The number of hydrogen-bond donors (Lipinski definition) is 1. The molecule has 2 aliphatic rings. The predicted molar refractivity (Wildman–Crippen MR) is 132 cm³/mol. The van der Waals surface area contributed by atoms with Crippen LogP contribution in [0.4, 0.5) is 5.95 Å². The molecule has 1 aliphatic carbocycles. The Hall–Kier alpha value is -2.38. The van der Waals surface area contributed by atoms with E-state index in [0.29, 0.717) is 17.5 Å². The molecule has 164 valence electrons. The highest BCUT2D eigenvalue weighted by atomic mass is 79.9. The van der Waals surface area contributed by atoms with Crippen LogP contribution in [0, 0.1) is 12.3 Å². The number of carbonyl (C=O) groups is 1. The number of anilines is 1. The van der Waals surface area contributed by atoms with Crippen LogP contribution < -0.4 is 5.32 Å². The van der Waals surface area contributed by atoms with E-state index in [4.69, 9.17) is 10.1 Å². The summed E-state index contributed by atoms with van der Waals surface area (Å²) in [6.45, 7) is 6.39. The molecule has 1 aromatic heterocycles. The van der Waals surface area contributed by atoms with E-state index in [9.17, 15) is 4.79 Å². The quantitative estimate of drug-likeness (QED) is 0.419. The van der Waals surface area contributed by atoms with Gasteiger partial charge in [0.15, 0.2) is 5.78 Å². The summed E-state index contributed by atoms with van der Waals surface area (Å²) < 4.78 is 2.89. The van der Waals surface area contributed by atoms with Gasteiger partial charge in [0.05, 0.1) is 0 Å². The number of allylic oxidation sites excluding steroid dienone is 2. The summed E-state index contributed by atoms with van der Waals surface area (Å²) in [4.78, 5) is 18.1. The fourth-order valence-corrected chi connectivity index (χ4v) is 5.59. The van der Waals surface area contributed by atoms with Crippen LogP contribution in [-0.2, 0) is 10.5 Å². The Bertz CT molecular complexity index is 1230. The molecule has 1 N–H and O–H groups in total. The third kappa shape index (κ3) is 4.16. The molecule has 0 saturated carbocycles. The molecule has 2 aromatic carbocycles. The molecule has 3 aromatic rings. The molecule has 0 saturated heterocycles. The first kappa shape index (κ1) is 21.5. The molecular weight excluding hydrogens is 484 g/mol. The van der Waals surface area contributed by atoms with Crippen LogP contribution in [-0.4, -0.2) is 20.5 Å². The molecule has 2 heterocycles. The van der Waals surface area contributed by atoms with Gasteiger partial charge in [0.2, 0.25) is 11.1 Å². The molecule has 32 heavy (non-hydrogen) atoms. The van der Waals surface area contributed by atoms with E-state index in [1.807, 2.05) is 16.8 Å². The zero-order chi connectivity index (χ0) is 22.5. The maximum Gasteiger partial charge on any atom is 0.227 e. The van der Waals surface area contributed by atoms with Gasteiger partial charge in [0.1, 0.15) is 6.04 Å². The molecule has 0 radical (unpaired) electrons. The van der Waals surface area contributed by atoms with Crippen LogP contribution >= 0.6 is 27.7 Å². The van der Waals surface area contributed by atoms with Gasteiger partial charge in [-0.05, 0) is 42.0 Å². The Balaban J connectivity index is 1.52. The molecule has 5 nitrogen and oxygen atoms in total. The van der Waals surface area contributed by atoms with E-state index in [-0.39, 0.29) is 17.2 Å². The van der Waals surface area contributed by atoms with Crippen molar-refractivity contribution in [3.63, 3.8) is 0 Å². The predicted octanol–water partition coefficient (Wildman–Crippen LogP) is 6.30. The van der Waals surface area contributed by atoms with Crippen LogP contribution in [0.3, 0.4) is 0 Å². The van der Waals surface area contributed by atoms with E-state index in [1.54, 1.807) is 11.8 Å². The summed E-state index contributed by atoms with van der Waals surface area (Å²) in [6.07, 6.45) is 1.36. The Labute approximate surface area is 200 Å². The number of nitrogens with zero attached hydrogens (tertiary/aromatic N) is 3. The smallest absolute Gasteiger partial charge is 0.227 e. The molecule has 0 bridgehead atoms. The maximum absolute atomic E-state index is 13.3. The van der Waals surface area contributed by atoms with E-state index in [2.05, 4.69) is 78.4 Å². The molecule has 1 aliphatic heterocycles. The van der Waals surface area contributed by atoms with Crippen LogP contribution in [0.1, 0.15) is 49.4 Å². The van der Waals surface area contributed by atoms with Gasteiger partial charge in [-0.15, -0.1) is 5.10 Å². The molecule has 0 unspecified atom stereocenters. The second-order valence-electron chi connectivity index (χ2n) is 9.35. The van der Waals surface area contributed by atoms with Gasteiger partial charge in [-0.25, -0.2) is 4.68 Å². The van der Waals surface area contributed by atoms with Crippen molar-refractivity contribution in [1.29, 1.82) is 0 Å². The first-order valence-corrected chi connectivity index (χ1v) is 12.5. The van der Waals surface area contributed by atoms with Gasteiger partial charge < -0.3 is 5.32 Å². The van der Waals surface area contributed by atoms with E-state index in [0.717, 1.165) is 33.5 Å². The van der Waals surface area contributed by atoms with Crippen molar-refractivity contribution < 1.29 is 4.79 Å². The normalized spacial score (nSPS) is 19.4. The Morgan fingerprint density at radius 3 is 2.72 bits per heavy atom. The lowest BCUT2D eigenvalue weighted by Crippen LogP contribution is -2.36. The number of rotatable bonds is 4. The molecule has 7 heteroatoms. The van der Waals surface area contributed by atoms with Gasteiger partial charge in [0.25, 0.3) is 0 Å². The second-order valence-corrected chi connectivity index (χ2v) is 11.2. The van der Waals surface area contributed by atoms with Gasteiger partial charge in [0, 0.05) is 27.9 Å². The minimum atomic E-state index is -0.265. The number of fused-ring (bicyclic) bond motifs is 1. The van der Waals surface area contributed by atoms with Gasteiger partial charge in [-0.3, -0.25) is 4.79 Å². The number of hydrogen-bond acceptors (Lipinski definition) is 5. The standard InChI is InChI=1S/C25H25BrN4OS/c1-15-5-4-6-16(11-15)14-32-24-28-23-27-19-12-25(2,3)13-20(31)21(19)22(30(23)29-24)17-7-9-18(26)10-8-17/h4-11,22H,12-14H2,1-3H3,(H,27,28,29)/t22-/m0/s1. The minimum Gasteiger partial charge on any atom is -0.328 e. The number of ketones is 1. The van der Waals surface area contributed by atoms with Crippen molar-refractivity contribution in [3.05, 3.63) is 81.0 Å². The highest BCUT2D eigenvalue weighted by Crippen LogP contribution is 2.45. The lowest BCUT2D eigenvalue weighted by molar-refractivity contribution is -0.118. The highest BCUT2D eigenvalue weighted by Gasteiger charge is 2.41. The van der Waals surface area contributed by atoms with Crippen LogP contribution in [0.15, 0.2) is 69.4 Å². The molecule has 5 rings (SSSR count). The number of aryl methyl sites for hydroxylation is 1. The number of halogens is 1. The average molecular weight is 509 g/mol. The molecule has 0 fully saturated rings. The average Bonchev–Trinajstić information content (AvgIpc) is 3.13. The van der Waals surface area contributed by atoms with Crippen molar-refractivity contribution in [1.82, 2.24) is 14.8 Å². The van der Waals surface area contributed by atoms with Crippen molar-refractivity contribution >= 4 is 39.4 Å². The first-order chi connectivity index (χ1) is 15.3. The van der Waals surface area contributed by atoms with Crippen LogP contribution in [0.5, 0.6) is 0 Å². The number of aromatic nitrogens is 3. The fraction of sp³-hybridized carbons (Fsp3) is 0.320. The van der Waals surface area contributed by atoms with Crippen molar-refractivity contribution in [2.45, 2.75) is 50.6 Å². The van der Waals surface area contributed by atoms with Gasteiger partial charge in [-0.2, -0.15) is 4.98 Å². The third-order valence-electron chi connectivity index (χ3n) is 5.95. The monoisotopic (exact) mass is 508 g/mol. The van der Waals surface area contributed by atoms with Crippen LogP contribution in [0.2, 0.25) is 0 Å². The summed E-state index contributed by atoms with van der Waals surface area (Å²) >= 11 is 5.13. The number of Topliss-reactive ketones (excluding diaryl/α,β-unsaturated/α-hetero) is 1. The number of thioether (sulfide) groups is 1. The number of carbonyl (C=O) groups excluding carboxylic acids is 1. The fourth-order valence-electron chi connectivity index (χ4n) is 4.55. The zero-order valence-electron chi connectivity index (χ0n) is 18.4. The first-order valence-electron chi connectivity index (χ1n) is 10.7. The minimum absolute atomic E-state index is 0.0713.